The van der Waals surface area contributed by atoms with Crippen LogP contribution in [0.4, 0.5) is 0 Å². The van der Waals surface area contributed by atoms with Crippen molar-refractivity contribution in [3.63, 3.8) is 0 Å². The van der Waals surface area contributed by atoms with E-state index in [1.54, 1.807) is 0 Å². The zero-order valence-electron chi connectivity index (χ0n) is 8.85. The Morgan fingerprint density at radius 2 is 1.77 bits per heavy atom. The molecule has 0 saturated heterocycles. The predicted octanol–water partition coefficient (Wildman–Crippen LogP) is 2.66. The molecule has 0 radical (unpaired) electrons. The highest BCUT2D eigenvalue weighted by Crippen LogP contribution is 2.20. The number of rotatable bonds is 4. The highest BCUT2D eigenvalue weighted by molar-refractivity contribution is 8.13. The van der Waals surface area contributed by atoms with E-state index in [1.165, 1.54) is 11.8 Å². The smallest absolute Gasteiger partial charge is 0.196 e. The monoisotopic (exact) mass is 202 g/mol. The first-order valence-electron chi connectivity index (χ1n) is 4.52. The second kappa shape index (κ2) is 5.43. The Hall–Kier alpha value is -0.310. The van der Waals surface area contributed by atoms with Crippen LogP contribution in [0.25, 0.3) is 0 Å². The van der Waals surface area contributed by atoms with Gasteiger partial charge in [0.1, 0.15) is 5.78 Å². The average molecular weight is 202 g/mol. The summed E-state index contributed by atoms with van der Waals surface area (Å²) in [5.41, 5.74) is -0.00571. The van der Waals surface area contributed by atoms with Crippen molar-refractivity contribution in [1.82, 2.24) is 0 Å². The Kier molecular flexibility index (Phi) is 5.30. The molecule has 0 aliphatic heterocycles. The normalized spacial score (nSPS) is 11.4. The van der Waals surface area contributed by atoms with Gasteiger partial charge in [-0.3, -0.25) is 9.59 Å². The largest absolute Gasteiger partial charge is 0.299 e. The van der Waals surface area contributed by atoms with Crippen LogP contribution in [0.5, 0.6) is 0 Å². The van der Waals surface area contributed by atoms with Gasteiger partial charge in [-0.1, -0.05) is 39.5 Å². The summed E-state index contributed by atoms with van der Waals surface area (Å²) in [4.78, 5) is 22.4. The molecule has 13 heavy (non-hydrogen) atoms. The lowest BCUT2D eigenvalue weighted by molar-refractivity contribution is -0.124. The second-order valence-electron chi connectivity index (χ2n) is 4.26. The van der Waals surface area contributed by atoms with E-state index >= 15 is 0 Å². The minimum Gasteiger partial charge on any atom is -0.299 e. The third kappa shape index (κ3) is 8.03. The van der Waals surface area contributed by atoms with E-state index in [4.69, 9.17) is 0 Å². The maximum atomic E-state index is 11.3. The number of carbonyl (C=O) groups is 2. The van der Waals surface area contributed by atoms with Gasteiger partial charge >= 0.3 is 0 Å². The van der Waals surface area contributed by atoms with Crippen molar-refractivity contribution in [2.45, 2.75) is 40.5 Å². The number of hydrogen-bond donors (Lipinski definition) is 0. The second-order valence-corrected chi connectivity index (χ2v) is 5.58. The Morgan fingerprint density at radius 1 is 1.23 bits per heavy atom. The average Bonchev–Trinajstić information content (AvgIpc) is 1.81. The predicted molar refractivity (Wildman–Crippen MR) is 56.8 cm³/mol. The van der Waals surface area contributed by atoms with E-state index < -0.39 is 0 Å². The first-order chi connectivity index (χ1) is 5.85. The fraction of sp³-hybridized carbons (Fsp3) is 0.800. The van der Waals surface area contributed by atoms with Gasteiger partial charge < -0.3 is 0 Å². The van der Waals surface area contributed by atoms with Gasteiger partial charge in [0.25, 0.3) is 0 Å². The molecule has 0 bridgehead atoms. The lowest BCUT2D eigenvalue weighted by Crippen LogP contribution is -2.15. The van der Waals surface area contributed by atoms with E-state index in [-0.39, 0.29) is 22.7 Å². The third-order valence-electron chi connectivity index (χ3n) is 1.37. The number of hydrogen-bond acceptors (Lipinski definition) is 3. The Balaban J connectivity index is 3.82. The molecule has 0 aromatic heterocycles. The number of ketones is 1. The molecule has 0 amide bonds. The summed E-state index contributed by atoms with van der Waals surface area (Å²) in [6, 6.07) is 0. The van der Waals surface area contributed by atoms with Gasteiger partial charge in [0.05, 0.1) is 6.42 Å². The molecule has 0 saturated carbocycles. The highest BCUT2D eigenvalue weighted by Gasteiger charge is 2.17. The molecule has 0 aliphatic rings. The van der Waals surface area contributed by atoms with Gasteiger partial charge in [-0.25, -0.2) is 0 Å². The van der Waals surface area contributed by atoms with Crippen molar-refractivity contribution >= 4 is 22.7 Å². The number of thioether (sulfide) groups is 1. The Bertz CT molecular complexity index is 192. The minimum absolute atomic E-state index is 0.00301. The van der Waals surface area contributed by atoms with Gasteiger partial charge in [0.2, 0.25) is 0 Å². The van der Waals surface area contributed by atoms with Crippen LogP contribution in [-0.2, 0) is 9.59 Å². The van der Waals surface area contributed by atoms with Crippen LogP contribution >= 0.6 is 11.8 Å². The summed E-state index contributed by atoms with van der Waals surface area (Å²) in [5.74, 6) is 0.806. The van der Waals surface area contributed by atoms with Gasteiger partial charge in [-0.2, -0.15) is 0 Å². The molecule has 0 fully saturated rings. The molecule has 0 heterocycles. The van der Waals surface area contributed by atoms with Crippen LogP contribution < -0.4 is 0 Å². The van der Waals surface area contributed by atoms with Crippen LogP contribution in [0.1, 0.15) is 40.5 Å². The number of Topliss-reactive ketones (excluding diaryl/α,β-unsaturated/α-hetero) is 1. The summed E-state index contributed by atoms with van der Waals surface area (Å²) in [5, 5.41) is -0.00301. The van der Waals surface area contributed by atoms with Crippen LogP contribution in [-0.4, -0.2) is 16.7 Å². The van der Waals surface area contributed by atoms with Gasteiger partial charge in [0, 0.05) is 6.42 Å². The van der Waals surface area contributed by atoms with E-state index in [9.17, 15) is 9.59 Å². The summed E-state index contributed by atoms with van der Waals surface area (Å²) in [7, 11) is 0. The van der Waals surface area contributed by atoms with Crippen molar-refractivity contribution in [3.05, 3.63) is 0 Å². The number of carbonyl (C=O) groups excluding carboxylic acids is 2. The fourth-order valence-electron chi connectivity index (χ4n) is 1.03. The molecule has 76 valence electrons. The van der Waals surface area contributed by atoms with E-state index in [0.717, 1.165) is 5.75 Å². The van der Waals surface area contributed by atoms with E-state index in [1.807, 2.05) is 27.7 Å². The van der Waals surface area contributed by atoms with Crippen LogP contribution in [0.2, 0.25) is 0 Å². The van der Waals surface area contributed by atoms with Crippen LogP contribution in [0.3, 0.4) is 0 Å². The fourth-order valence-corrected chi connectivity index (χ4v) is 1.61. The molecule has 0 N–H and O–H groups in total. The Labute approximate surface area is 84.5 Å². The molecule has 3 heteroatoms. The molecule has 2 nitrogen and oxygen atoms in total. The maximum absolute atomic E-state index is 11.3. The van der Waals surface area contributed by atoms with Crippen LogP contribution in [0.15, 0.2) is 0 Å². The zero-order valence-corrected chi connectivity index (χ0v) is 9.66. The molecule has 0 aliphatic carbocycles. The van der Waals surface area contributed by atoms with Crippen molar-refractivity contribution in [2.24, 2.45) is 5.41 Å². The SMILES string of the molecule is CCSC(=O)CC(=O)CC(C)(C)C. The molecule has 0 unspecified atom stereocenters. The Morgan fingerprint density at radius 3 is 2.15 bits per heavy atom. The lowest BCUT2D eigenvalue weighted by atomic mass is 9.89. The molecular weight excluding hydrogens is 184 g/mol. The standard InChI is InChI=1S/C10H18O2S/c1-5-13-9(12)6-8(11)7-10(2,3)4/h5-7H2,1-4H3. The first-order valence-corrected chi connectivity index (χ1v) is 5.51. The third-order valence-corrected chi connectivity index (χ3v) is 2.13. The zero-order chi connectivity index (χ0) is 10.5. The lowest BCUT2D eigenvalue weighted by Gasteiger charge is -2.16. The van der Waals surface area contributed by atoms with Crippen molar-refractivity contribution < 1.29 is 9.59 Å². The van der Waals surface area contributed by atoms with Gasteiger partial charge in [0.15, 0.2) is 5.12 Å². The summed E-state index contributed by atoms with van der Waals surface area (Å²) in [6.45, 7) is 7.92. The first kappa shape index (κ1) is 12.7. The summed E-state index contributed by atoms with van der Waals surface area (Å²) in [6.07, 6.45) is 0.582. The molecule has 0 atom stereocenters. The molecule has 0 rings (SSSR count). The van der Waals surface area contributed by atoms with Gasteiger partial charge in [-0.15, -0.1) is 0 Å². The van der Waals surface area contributed by atoms with E-state index in [2.05, 4.69) is 0 Å². The van der Waals surface area contributed by atoms with Crippen molar-refractivity contribution in [1.29, 1.82) is 0 Å². The topological polar surface area (TPSA) is 34.1 Å². The minimum atomic E-state index is -0.00571. The highest BCUT2D eigenvalue weighted by atomic mass is 32.2. The maximum Gasteiger partial charge on any atom is 0.196 e. The molecule has 0 aromatic carbocycles. The molecule has 0 spiro atoms. The quantitative estimate of drug-likeness (QED) is 0.657. The van der Waals surface area contributed by atoms with Gasteiger partial charge in [-0.05, 0) is 11.2 Å². The van der Waals surface area contributed by atoms with Crippen molar-refractivity contribution in [2.75, 3.05) is 5.75 Å². The van der Waals surface area contributed by atoms with Crippen LogP contribution in [0, 0.1) is 5.41 Å². The summed E-state index contributed by atoms with van der Waals surface area (Å²) < 4.78 is 0. The van der Waals surface area contributed by atoms with E-state index in [0.29, 0.717) is 6.42 Å². The molecule has 0 aromatic rings. The van der Waals surface area contributed by atoms with Crippen molar-refractivity contribution in [3.8, 4) is 0 Å². The molecular formula is C10H18O2S. The summed E-state index contributed by atoms with van der Waals surface area (Å²) >= 11 is 1.23.